The summed E-state index contributed by atoms with van der Waals surface area (Å²) in [5.41, 5.74) is 0.745. The smallest absolute Gasteiger partial charge is 0.336 e. The number of fused-ring (bicyclic) bond motifs is 1. The van der Waals surface area contributed by atoms with Crippen molar-refractivity contribution in [1.29, 1.82) is 0 Å². The Labute approximate surface area is 109 Å². The van der Waals surface area contributed by atoms with Crippen molar-refractivity contribution in [3.8, 4) is 0 Å². The molecule has 0 bridgehead atoms. The highest BCUT2D eigenvalue weighted by atomic mass is 19.1. The zero-order valence-corrected chi connectivity index (χ0v) is 10.6. The van der Waals surface area contributed by atoms with Crippen molar-refractivity contribution in [1.82, 2.24) is 0 Å². The largest absolute Gasteiger partial charge is 0.474 e. The van der Waals surface area contributed by atoms with Gasteiger partial charge in [0.1, 0.15) is 19.0 Å². The van der Waals surface area contributed by atoms with E-state index in [9.17, 15) is 14.0 Å². The fourth-order valence-electron chi connectivity index (χ4n) is 2.03. The van der Waals surface area contributed by atoms with E-state index < -0.39 is 18.2 Å². The van der Waals surface area contributed by atoms with Crippen LogP contribution in [0.4, 0.5) is 4.39 Å². The van der Waals surface area contributed by atoms with Gasteiger partial charge in [-0.2, -0.15) is 4.99 Å². The maximum atomic E-state index is 12.2. The Kier molecular flexibility index (Phi) is 4.09. The summed E-state index contributed by atoms with van der Waals surface area (Å²) in [6, 6.07) is 1.37. The molecule has 2 heterocycles. The molecule has 1 aromatic heterocycles. The molecule has 5 nitrogen and oxygen atoms in total. The van der Waals surface area contributed by atoms with Crippen LogP contribution in [0.3, 0.4) is 0 Å². The number of ether oxygens (including phenoxy) is 1. The molecule has 19 heavy (non-hydrogen) atoms. The minimum absolute atomic E-state index is 0.0519. The molecule has 2 rings (SSSR count). The van der Waals surface area contributed by atoms with Crippen molar-refractivity contribution in [3.05, 3.63) is 33.4 Å². The average Bonchev–Trinajstić information content (AvgIpc) is 2.35. The summed E-state index contributed by atoms with van der Waals surface area (Å²) >= 11 is 0. The molecule has 0 spiro atoms. The highest BCUT2D eigenvalue weighted by Crippen LogP contribution is 2.21. The van der Waals surface area contributed by atoms with Crippen LogP contribution < -0.4 is 5.63 Å². The first-order valence-corrected chi connectivity index (χ1v) is 6.12. The molecule has 1 aliphatic rings. The summed E-state index contributed by atoms with van der Waals surface area (Å²) < 4.78 is 22.4. The van der Waals surface area contributed by atoms with Gasteiger partial charge >= 0.3 is 5.63 Å². The molecule has 0 fully saturated rings. The lowest BCUT2D eigenvalue weighted by Crippen LogP contribution is -2.24. The SMILES string of the molecule is CCCc1cc(=O)oc2c1C(OCCF)=NC(=O)C2. The molecule has 1 aliphatic heterocycles. The van der Waals surface area contributed by atoms with E-state index in [1.807, 2.05) is 6.92 Å². The third-order valence-corrected chi connectivity index (χ3v) is 2.70. The van der Waals surface area contributed by atoms with E-state index in [0.29, 0.717) is 12.0 Å². The molecule has 1 amide bonds. The third-order valence-electron chi connectivity index (χ3n) is 2.70. The van der Waals surface area contributed by atoms with E-state index in [-0.39, 0.29) is 24.7 Å². The van der Waals surface area contributed by atoms with E-state index in [0.717, 1.165) is 12.0 Å². The lowest BCUT2D eigenvalue weighted by atomic mass is 10.00. The fraction of sp³-hybridized carbons (Fsp3) is 0.462. The number of amides is 1. The summed E-state index contributed by atoms with van der Waals surface area (Å²) in [6.45, 7) is 1.10. The second-order valence-corrected chi connectivity index (χ2v) is 4.16. The topological polar surface area (TPSA) is 68.9 Å². The molecule has 0 saturated heterocycles. The van der Waals surface area contributed by atoms with Gasteiger partial charge in [-0.25, -0.2) is 9.18 Å². The summed E-state index contributed by atoms with van der Waals surface area (Å²) in [5, 5.41) is 0. The molecule has 0 aliphatic carbocycles. The molecule has 0 N–H and O–H groups in total. The number of nitrogens with zero attached hydrogens (tertiary/aromatic N) is 1. The molecule has 0 radical (unpaired) electrons. The standard InChI is InChI=1S/C13H14FNO4/c1-2-3-8-6-11(17)19-9-7-10(16)15-13(12(8)9)18-5-4-14/h6H,2-5,7H2,1H3. The van der Waals surface area contributed by atoms with Gasteiger partial charge < -0.3 is 9.15 Å². The van der Waals surface area contributed by atoms with E-state index in [2.05, 4.69) is 4.99 Å². The Hall–Kier alpha value is -1.98. The van der Waals surface area contributed by atoms with E-state index in [4.69, 9.17) is 9.15 Å². The number of hydrogen-bond acceptors (Lipinski definition) is 4. The fourth-order valence-corrected chi connectivity index (χ4v) is 2.03. The Bertz CT molecular complexity index is 576. The second kappa shape index (κ2) is 5.77. The number of rotatable bonds is 4. The van der Waals surface area contributed by atoms with Crippen LogP contribution in [0.2, 0.25) is 0 Å². The molecule has 0 aromatic carbocycles. The minimum atomic E-state index is -0.678. The van der Waals surface area contributed by atoms with Gasteiger partial charge in [0, 0.05) is 6.07 Å². The first kappa shape index (κ1) is 13.5. The van der Waals surface area contributed by atoms with Crippen molar-refractivity contribution in [3.63, 3.8) is 0 Å². The zero-order chi connectivity index (χ0) is 13.8. The molecule has 6 heteroatoms. The van der Waals surface area contributed by atoms with Gasteiger partial charge in [0.2, 0.25) is 5.90 Å². The third kappa shape index (κ3) is 2.89. The second-order valence-electron chi connectivity index (χ2n) is 4.16. The number of aryl methyl sites for hydroxylation is 1. The van der Waals surface area contributed by atoms with Crippen molar-refractivity contribution in [2.45, 2.75) is 26.2 Å². The van der Waals surface area contributed by atoms with Crippen LogP contribution >= 0.6 is 0 Å². The van der Waals surface area contributed by atoms with Crippen molar-refractivity contribution < 1.29 is 18.3 Å². The maximum Gasteiger partial charge on any atom is 0.336 e. The van der Waals surface area contributed by atoms with Gasteiger partial charge in [-0.15, -0.1) is 0 Å². The van der Waals surface area contributed by atoms with Gasteiger partial charge in [0.15, 0.2) is 0 Å². The highest BCUT2D eigenvalue weighted by Gasteiger charge is 2.26. The molecule has 0 unspecified atom stereocenters. The Balaban J connectivity index is 2.50. The van der Waals surface area contributed by atoms with E-state index >= 15 is 0 Å². The Morgan fingerprint density at radius 2 is 2.26 bits per heavy atom. The summed E-state index contributed by atoms with van der Waals surface area (Å²) in [5.74, 6) is -0.154. The van der Waals surface area contributed by atoms with Crippen LogP contribution in [0.5, 0.6) is 0 Å². The van der Waals surface area contributed by atoms with Gasteiger partial charge in [-0.05, 0) is 12.0 Å². The van der Waals surface area contributed by atoms with Crippen molar-refractivity contribution in [2.75, 3.05) is 13.3 Å². The van der Waals surface area contributed by atoms with Crippen LogP contribution in [-0.4, -0.2) is 25.1 Å². The van der Waals surface area contributed by atoms with Gasteiger partial charge in [0.25, 0.3) is 5.91 Å². The van der Waals surface area contributed by atoms with Crippen LogP contribution in [0.1, 0.15) is 30.2 Å². The minimum Gasteiger partial charge on any atom is -0.474 e. The monoisotopic (exact) mass is 267 g/mol. The Morgan fingerprint density at radius 1 is 1.47 bits per heavy atom. The average molecular weight is 267 g/mol. The van der Waals surface area contributed by atoms with E-state index in [1.165, 1.54) is 6.07 Å². The predicted octanol–water partition coefficient (Wildman–Crippen LogP) is 1.41. The summed E-state index contributed by atoms with van der Waals surface area (Å²) in [4.78, 5) is 26.7. The van der Waals surface area contributed by atoms with Gasteiger partial charge in [-0.1, -0.05) is 13.3 Å². The molecule has 0 atom stereocenters. The van der Waals surface area contributed by atoms with Crippen LogP contribution in [0.25, 0.3) is 0 Å². The lowest BCUT2D eigenvalue weighted by Gasteiger charge is -2.17. The van der Waals surface area contributed by atoms with Crippen molar-refractivity contribution in [2.24, 2.45) is 4.99 Å². The van der Waals surface area contributed by atoms with Crippen molar-refractivity contribution >= 4 is 11.8 Å². The number of carbonyl (C=O) groups excluding carboxylic acids is 1. The molecule has 1 aromatic rings. The highest BCUT2D eigenvalue weighted by molar-refractivity contribution is 6.06. The number of hydrogen-bond donors (Lipinski definition) is 0. The molecule has 102 valence electrons. The summed E-state index contributed by atoms with van der Waals surface area (Å²) in [7, 11) is 0. The van der Waals surface area contributed by atoms with Crippen LogP contribution in [0.15, 0.2) is 20.3 Å². The molecular formula is C13H14FNO4. The molecule has 0 saturated carbocycles. The lowest BCUT2D eigenvalue weighted by molar-refractivity contribution is -0.117. The van der Waals surface area contributed by atoms with Crippen LogP contribution in [0, 0.1) is 0 Å². The number of halogens is 1. The predicted molar refractivity (Wildman–Crippen MR) is 66.1 cm³/mol. The number of alkyl halides is 1. The first-order valence-electron chi connectivity index (χ1n) is 6.12. The van der Waals surface area contributed by atoms with Gasteiger partial charge in [0.05, 0.1) is 12.0 Å². The number of carbonyl (C=O) groups is 1. The van der Waals surface area contributed by atoms with Crippen LogP contribution in [-0.2, 0) is 22.4 Å². The molecular weight excluding hydrogens is 253 g/mol. The maximum absolute atomic E-state index is 12.2. The summed E-state index contributed by atoms with van der Waals surface area (Å²) in [6.07, 6.45) is 1.39. The number of aliphatic imine (C=N–C) groups is 1. The zero-order valence-electron chi connectivity index (χ0n) is 10.6. The Morgan fingerprint density at radius 3 is 2.95 bits per heavy atom. The quantitative estimate of drug-likeness (QED) is 0.827. The first-order chi connectivity index (χ1) is 9.15. The normalized spacial score (nSPS) is 14.0. The van der Waals surface area contributed by atoms with E-state index in [1.54, 1.807) is 0 Å². The van der Waals surface area contributed by atoms with Gasteiger partial charge in [-0.3, -0.25) is 4.79 Å².